The smallest absolute Gasteiger partial charge is 0.407 e. The lowest BCUT2D eigenvalue weighted by atomic mass is 10.0. The third kappa shape index (κ3) is 8.55. The molecule has 2 aromatic carbocycles. The molecule has 0 spiro atoms. The number of benzene rings is 2. The number of rotatable bonds is 11. The van der Waals surface area contributed by atoms with Gasteiger partial charge in [-0.1, -0.05) is 64.1 Å². The number of imidazole rings is 1. The summed E-state index contributed by atoms with van der Waals surface area (Å²) in [5.74, 6) is -0.372. The van der Waals surface area contributed by atoms with E-state index < -0.39 is 30.3 Å². The van der Waals surface area contributed by atoms with Gasteiger partial charge in [-0.05, 0) is 66.3 Å². The molecule has 0 radical (unpaired) electrons. The minimum absolute atomic E-state index is 0.121. The lowest BCUT2D eigenvalue weighted by Crippen LogP contribution is -2.54. The van der Waals surface area contributed by atoms with Crippen LogP contribution in [0.25, 0.3) is 22.4 Å². The molecule has 52 heavy (non-hydrogen) atoms. The van der Waals surface area contributed by atoms with E-state index in [-0.39, 0.29) is 35.6 Å². The zero-order valence-electron chi connectivity index (χ0n) is 30.6. The van der Waals surface area contributed by atoms with E-state index in [0.29, 0.717) is 37.4 Å². The summed E-state index contributed by atoms with van der Waals surface area (Å²) in [5.41, 5.74) is 4.18. The van der Waals surface area contributed by atoms with Gasteiger partial charge in [0, 0.05) is 18.8 Å². The second-order valence-electron chi connectivity index (χ2n) is 13.9. The molecule has 278 valence electrons. The van der Waals surface area contributed by atoms with Gasteiger partial charge in [0.1, 0.15) is 23.9 Å². The molecule has 4 unspecified atom stereocenters. The third-order valence-corrected chi connectivity index (χ3v) is 9.73. The van der Waals surface area contributed by atoms with Crippen LogP contribution in [0.2, 0.25) is 0 Å². The first-order valence-electron chi connectivity index (χ1n) is 17.8. The van der Waals surface area contributed by atoms with E-state index in [0.717, 1.165) is 35.2 Å². The molecular weight excluding hydrogens is 666 g/mol. The summed E-state index contributed by atoms with van der Waals surface area (Å²) in [6.07, 6.45) is 3.22. The number of nitrogens with one attached hydrogen (secondary N) is 4. The summed E-state index contributed by atoms with van der Waals surface area (Å²) in [6.45, 7) is 8.44. The molecule has 5 amide bonds. The van der Waals surface area contributed by atoms with Crippen molar-refractivity contribution in [2.24, 2.45) is 11.8 Å². The maximum atomic E-state index is 13.5. The molecule has 0 aliphatic carbocycles. The van der Waals surface area contributed by atoms with Crippen LogP contribution in [0.1, 0.15) is 65.2 Å². The van der Waals surface area contributed by atoms with Crippen LogP contribution in [-0.4, -0.2) is 95.1 Å². The van der Waals surface area contributed by atoms with E-state index in [2.05, 4.69) is 25.9 Å². The maximum Gasteiger partial charge on any atom is 0.407 e. The number of likely N-dealkylation sites (tertiary alicyclic amines) is 2. The number of anilines is 1. The minimum atomic E-state index is -0.804. The Morgan fingerprint density at radius 3 is 1.96 bits per heavy atom. The third-order valence-electron chi connectivity index (χ3n) is 9.73. The molecule has 4 atom stereocenters. The van der Waals surface area contributed by atoms with Crippen LogP contribution < -0.4 is 16.0 Å². The monoisotopic (exact) mass is 715 g/mol. The first-order valence-corrected chi connectivity index (χ1v) is 17.8. The molecule has 3 heterocycles. The molecule has 0 saturated carbocycles. The lowest BCUT2D eigenvalue weighted by Gasteiger charge is -2.30. The van der Waals surface area contributed by atoms with Crippen molar-refractivity contribution in [1.29, 1.82) is 0 Å². The molecule has 0 bridgehead atoms. The quantitative estimate of drug-likeness (QED) is 0.212. The van der Waals surface area contributed by atoms with Crippen LogP contribution in [0, 0.1) is 11.8 Å². The molecule has 2 fully saturated rings. The normalized spacial score (nSPS) is 18.2. The van der Waals surface area contributed by atoms with Crippen molar-refractivity contribution in [3.8, 4) is 22.4 Å². The summed E-state index contributed by atoms with van der Waals surface area (Å²) < 4.78 is 9.44. The first-order chi connectivity index (χ1) is 24.9. The zero-order valence-corrected chi connectivity index (χ0v) is 30.6. The second-order valence-corrected chi connectivity index (χ2v) is 13.9. The van der Waals surface area contributed by atoms with Crippen molar-refractivity contribution in [2.45, 2.75) is 77.5 Å². The highest BCUT2D eigenvalue weighted by Crippen LogP contribution is 2.33. The SMILES string of the molecule is COC(=O)NC(C(=O)N1CCCC1C(=O)Nc1cccc(-c2ccc(-c3cnc(C4CCCN4C(=O)C(NC(=O)OC)C(C)C)[nH]3)cc2)c1)C(C)C. The highest BCUT2D eigenvalue weighted by atomic mass is 16.5. The Kier molecular flexibility index (Phi) is 12.2. The highest BCUT2D eigenvalue weighted by molar-refractivity contribution is 5.99. The molecule has 14 heteroatoms. The van der Waals surface area contributed by atoms with Gasteiger partial charge < -0.3 is 40.2 Å². The second kappa shape index (κ2) is 16.7. The predicted octanol–water partition coefficient (Wildman–Crippen LogP) is 5.10. The Bertz CT molecular complexity index is 1760. The van der Waals surface area contributed by atoms with Gasteiger partial charge in [0.25, 0.3) is 0 Å². The number of alkyl carbamates (subject to hydrolysis) is 2. The number of amides is 5. The fourth-order valence-corrected chi connectivity index (χ4v) is 6.87. The first kappa shape index (κ1) is 37.8. The van der Waals surface area contributed by atoms with Crippen molar-refractivity contribution >= 4 is 35.6 Å². The summed E-state index contributed by atoms with van der Waals surface area (Å²) >= 11 is 0. The Morgan fingerprint density at radius 2 is 1.35 bits per heavy atom. The van der Waals surface area contributed by atoms with Gasteiger partial charge >= 0.3 is 12.2 Å². The highest BCUT2D eigenvalue weighted by Gasteiger charge is 2.39. The van der Waals surface area contributed by atoms with Crippen LogP contribution in [-0.2, 0) is 23.9 Å². The number of carbonyl (C=O) groups excluding carboxylic acids is 5. The van der Waals surface area contributed by atoms with E-state index in [1.54, 1.807) is 16.0 Å². The van der Waals surface area contributed by atoms with Crippen molar-refractivity contribution in [3.63, 3.8) is 0 Å². The fourth-order valence-electron chi connectivity index (χ4n) is 6.87. The van der Waals surface area contributed by atoms with Gasteiger partial charge in [0.2, 0.25) is 17.7 Å². The summed E-state index contributed by atoms with van der Waals surface area (Å²) in [4.78, 5) is 75.5. The van der Waals surface area contributed by atoms with E-state index in [9.17, 15) is 24.0 Å². The predicted molar refractivity (Wildman–Crippen MR) is 195 cm³/mol. The Labute approximate surface area is 304 Å². The van der Waals surface area contributed by atoms with Crippen molar-refractivity contribution < 1.29 is 33.4 Å². The number of carbonyl (C=O) groups is 5. The number of nitrogens with zero attached hydrogens (tertiary/aromatic N) is 3. The van der Waals surface area contributed by atoms with Crippen LogP contribution in [0.5, 0.6) is 0 Å². The zero-order chi connectivity index (χ0) is 37.5. The van der Waals surface area contributed by atoms with Gasteiger partial charge in [-0.2, -0.15) is 0 Å². The van der Waals surface area contributed by atoms with Crippen molar-refractivity contribution in [3.05, 3.63) is 60.6 Å². The number of hydrogen-bond acceptors (Lipinski definition) is 8. The topological polar surface area (TPSA) is 175 Å². The molecule has 4 N–H and O–H groups in total. The molecule has 14 nitrogen and oxygen atoms in total. The van der Waals surface area contributed by atoms with Gasteiger partial charge in [-0.25, -0.2) is 14.6 Å². The Hall–Kier alpha value is -5.40. The molecular formula is C38H49N7O7. The fraction of sp³-hybridized carbons (Fsp3) is 0.474. The van der Waals surface area contributed by atoms with Crippen LogP contribution in [0.15, 0.2) is 54.7 Å². The number of H-pyrrole nitrogens is 1. The minimum Gasteiger partial charge on any atom is -0.453 e. The summed E-state index contributed by atoms with van der Waals surface area (Å²) in [5, 5.41) is 8.27. The average Bonchev–Trinajstić information content (AvgIpc) is 3.93. The van der Waals surface area contributed by atoms with E-state index in [4.69, 9.17) is 9.47 Å². The van der Waals surface area contributed by atoms with Crippen molar-refractivity contribution in [2.75, 3.05) is 32.6 Å². The largest absolute Gasteiger partial charge is 0.453 e. The number of hydrogen-bond donors (Lipinski definition) is 4. The number of ether oxygens (including phenoxy) is 2. The van der Waals surface area contributed by atoms with E-state index >= 15 is 0 Å². The molecule has 2 saturated heterocycles. The summed E-state index contributed by atoms with van der Waals surface area (Å²) in [6, 6.07) is 13.1. The van der Waals surface area contributed by atoms with Gasteiger partial charge in [-0.15, -0.1) is 0 Å². The van der Waals surface area contributed by atoms with Gasteiger partial charge in [-0.3, -0.25) is 14.4 Å². The molecule has 2 aliphatic heterocycles. The standard InChI is InChI=1S/C38H49N7O7/c1-22(2)31(42-37(49)51-5)35(47)44-18-8-12-29(44)33-39-21-28(41-33)25-16-14-24(15-17-25)26-10-7-11-27(20-26)40-34(46)30-13-9-19-45(30)36(48)32(23(3)4)43-38(50)52-6/h7,10-11,14-17,20-23,29-32H,8-9,12-13,18-19H2,1-6H3,(H,39,41)(H,40,46)(H,42,49)(H,43,50). The molecule has 2 aliphatic rings. The van der Waals surface area contributed by atoms with Crippen LogP contribution in [0.4, 0.5) is 15.3 Å². The number of aromatic nitrogens is 2. The van der Waals surface area contributed by atoms with Gasteiger partial charge in [0.05, 0.1) is 32.2 Å². The summed E-state index contributed by atoms with van der Waals surface area (Å²) in [7, 11) is 2.52. The maximum absolute atomic E-state index is 13.5. The lowest BCUT2D eigenvalue weighted by molar-refractivity contribution is -0.139. The molecule has 5 rings (SSSR count). The molecule has 1 aromatic heterocycles. The van der Waals surface area contributed by atoms with Crippen LogP contribution >= 0.6 is 0 Å². The number of methoxy groups -OCH3 is 2. The average molecular weight is 716 g/mol. The van der Waals surface area contributed by atoms with E-state index in [1.165, 1.54) is 14.2 Å². The van der Waals surface area contributed by atoms with Crippen molar-refractivity contribution in [1.82, 2.24) is 30.4 Å². The van der Waals surface area contributed by atoms with Crippen LogP contribution in [0.3, 0.4) is 0 Å². The Morgan fingerprint density at radius 1 is 0.769 bits per heavy atom. The molecule has 3 aromatic rings. The Balaban J connectivity index is 1.25. The van der Waals surface area contributed by atoms with Gasteiger partial charge in [0.15, 0.2) is 0 Å². The van der Waals surface area contributed by atoms with E-state index in [1.807, 2.05) is 76.2 Å². The number of aromatic amines is 1.